The van der Waals surface area contributed by atoms with E-state index in [0.29, 0.717) is 5.95 Å². The second-order valence-corrected chi connectivity index (χ2v) is 8.39. The topological polar surface area (TPSA) is 29.0 Å². The van der Waals surface area contributed by atoms with Gasteiger partial charge in [-0.1, -0.05) is 86.6 Å². The van der Waals surface area contributed by atoms with Crippen LogP contribution in [0.15, 0.2) is 91.1 Å². The predicted molar refractivity (Wildman–Crippen MR) is 124 cm³/mol. The fourth-order valence-corrected chi connectivity index (χ4v) is 4.75. The summed E-state index contributed by atoms with van der Waals surface area (Å²) in [6, 6.07) is 29.8. The van der Waals surface area contributed by atoms with Crippen molar-refractivity contribution in [1.29, 1.82) is 0 Å². The lowest BCUT2D eigenvalue weighted by molar-refractivity contribution is 0.631. The maximum absolute atomic E-state index is 5.09. The lowest BCUT2D eigenvalue weighted by Crippen LogP contribution is -2.31. The molecule has 0 atom stereocenters. The van der Waals surface area contributed by atoms with Gasteiger partial charge in [0.1, 0.15) is 0 Å². The van der Waals surface area contributed by atoms with Gasteiger partial charge in [-0.2, -0.15) is 0 Å². The molecule has 4 aromatic carbocycles. The van der Waals surface area contributed by atoms with Gasteiger partial charge in [-0.15, -0.1) is 0 Å². The number of nitrogens with zero attached hydrogens (tertiary/aromatic N) is 3. The van der Waals surface area contributed by atoms with Crippen LogP contribution in [-0.2, 0) is 5.41 Å². The van der Waals surface area contributed by atoms with Crippen molar-refractivity contribution < 1.29 is 0 Å². The Kier molecular flexibility index (Phi) is 3.51. The van der Waals surface area contributed by atoms with E-state index in [0.717, 1.165) is 27.7 Å². The molecule has 6 rings (SSSR count). The number of aromatic nitrogens is 2. The first-order valence-electron chi connectivity index (χ1n) is 10.3. The first kappa shape index (κ1) is 17.2. The van der Waals surface area contributed by atoms with Crippen LogP contribution in [0.3, 0.4) is 0 Å². The number of para-hydroxylation sites is 2. The summed E-state index contributed by atoms with van der Waals surface area (Å²) in [5.41, 5.74) is 5.74. The van der Waals surface area contributed by atoms with Crippen molar-refractivity contribution in [3.05, 3.63) is 102 Å². The summed E-state index contributed by atoms with van der Waals surface area (Å²) in [4.78, 5) is 12.1. The number of rotatable bonds is 1. The van der Waals surface area contributed by atoms with Crippen LogP contribution in [0.25, 0.3) is 21.7 Å². The highest BCUT2D eigenvalue weighted by atomic mass is 15.3. The van der Waals surface area contributed by atoms with Crippen molar-refractivity contribution >= 4 is 39.0 Å². The second kappa shape index (κ2) is 6.14. The minimum Gasteiger partial charge on any atom is -0.279 e. The standard InChI is InChI=1S/C27H21N3/c1-27(2)21-11-5-7-13-23(21)30(24-14-8-6-12-22(24)27)26-28-17-19-16-15-18-9-3-4-10-20(18)25(19)29-26/h3-17H,1-2H3. The van der Waals surface area contributed by atoms with Crippen LogP contribution >= 0.6 is 0 Å². The average molecular weight is 387 g/mol. The number of hydrogen-bond acceptors (Lipinski definition) is 3. The quantitative estimate of drug-likeness (QED) is 0.293. The molecule has 0 unspecified atom stereocenters. The van der Waals surface area contributed by atoms with E-state index in [-0.39, 0.29) is 5.41 Å². The van der Waals surface area contributed by atoms with Crippen LogP contribution in [0.4, 0.5) is 17.3 Å². The molecule has 3 heteroatoms. The van der Waals surface area contributed by atoms with Crippen molar-refractivity contribution in [3.63, 3.8) is 0 Å². The van der Waals surface area contributed by atoms with E-state index in [4.69, 9.17) is 9.97 Å². The smallest absolute Gasteiger partial charge is 0.235 e. The number of hydrogen-bond donors (Lipinski definition) is 0. The van der Waals surface area contributed by atoms with E-state index in [1.54, 1.807) is 0 Å². The molecule has 0 N–H and O–H groups in total. The Morgan fingerprint density at radius 3 is 2.00 bits per heavy atom. The molecule has 2 heterocycles. The van der Waals surface area contributed by atoms with Gasteiger partial charge in [0, 0.05) is 22.4 Å². The highest BCUT2D eigenvalue weighted by Gasteiger charge is 2.37. The van der Waals surface area contributed by atoms with Gasteiger partial charge in [-0.3, -0.25) is 4.90 Å². The third kappa shape index (κ3) is 2.32. The van der Waals surface area contributed by atoms with Gasteiger partial charge in [0.05, 0.1) is 16.9 Å². The largest absolute Gasteiger partial charge is 0.279 e. The summed E-state index contributed by atoms with van der Waals surface area (Å²) in [5, 5.41) is 3.39. The molecule has 0 saturated heterocycles. The average Bonchev–Trinajstić information content (AvgIpc) is 2.79. The Labute approximate surface area is 175 Å². The highest BCUT2D eigenvalue weighted by molar-refractivity contribution is 6.05. The molecule has 144 valence electrons. The Morgan fingerprint density at radius 2 is 1.27 bits per heavy atom. The van der Waals surface area contributed by atoms with Gasteiger partial charge < -0.3 is 0 Å². The van der Waals surface area contributed by atoms with Crippen molar-refractivity contribution in [1.82, 2.24) is 9.97 Å². The first-order chi connectivity index (χ1) is 14.6. The summed E-state index contributed by atoms with van der Waals surface area (Å²) in [6.45, 7) is 4.58. The van der Waals surface area contributed by atoms with E-state index < -0.39 is 0 Å². The zero-order valence-corrected chi connectivity index (χ0v) is 17.0. The maximum atomic E-state index is 5.09. The van der Waals surface area contributed by atoms with Gasteiger partial charge in [0.25, 0.3) is 0 Å². The minimum absolute atomic E-state index is 0.0900. The van der Waals surface area contributed by atoms with Crippen molar-refractivity contribution in [2.75, 3.05) is 4.90 Å². The first-order valence-corrected chi connectivity index (χ1v) is 10.3. The Hall–Kier alpha value is -3.72. The van der Waals surface area contributed by atoms with Crippen LogP contribution in [0.5, 0.6) is 0 Å². The van der Waals surface area contributed by atoms with Gasteiger partial charge in [0.2, 0.25) is 5.95 Å². The third-order valence-corrected chi connectivity index (χ3v) is 6.30. The molecule has 1 aliphatic heterocycles. The lowest BCUT2D eigenvalue weighted by atomic mass is 9.74. The molecule has 0 fully saturated rings. The van der Waals surface area contributed by atoms with Crippen LogP contribution < -0.4 is 4.90 Å². The van der Waals surface area contributed by atoms with E-state index in [9.17, 15) is 0 Å². The number of benzene rings is 4. The molecule has 0 saturated carbocycles. The summed E-state index contributed by atoms with van der Waals surface area (Å²) < 4.78 is 0. The van der Waals surface area contributed by atoms with E-state index >= 15 is 0 Å². The van der Waals surface area contributed by atoms with Gasteiger partial charge in [-0.25, -0.2) is 9.97 Å². The maximum Gasteiger partial charge on any atom is 0.235 e. The summed E-state index contributed by atoms with van der Waals surface area (Å²) in [7, 11) is 0. The molecule has 1 aromatic heterocycles. The third-order valence-electron chi connectivity index (χ3n) is 6.30. The van der Waals surface area contributed by atoms with Crippen LogP contribution in [0, 0.1) is 0 Å². The van der Waals surface area contributed by atoms with Gasteiger partial charge >= 0.3 is 0 Å². The molecule has 0 radical (unpaired) electrons. The molecular formula is C27H21N3. The monoisotopic (exact) mass is 387 g/mol. The van der Waals surface area contributed by atoms with E-state index in [1.807, 2.05) is 6.20 Å². The Bertz CT molecular complexity index is 1390. The van der Waals surface area contributed by atoms with Gasteiger partial charge in [0.15, 0.2) is 0 Å². The molecule has 0 amide bonds. The molecule has 0 aliphatic carbocycles. The Balaban J connectivity index is 1.67. The zero-order chi connectivity index (χ0) is 20.3. The normalized spacial score (nSPS) is 14.5. The summed E-state index contributed by atoms with van der Waals surface area (Å²) in [5.74, 6) is 0.703. The highest BCUT2D eigenvalue weighted by Crippen LogP contribution is 2.50. The predicted octanol–water partition coefficient (Wildman–Crippen LogP) is 6.89. The van der Waals surface area contributed by atoms with E-state index in [1.165, 1.54) is 16.5 Å². The van der Waals surface area contributed by atoms with Crippen molar-refractivity contribution in [2.24, 2.45) is 0 Å². The molecule has 5 aromatic rings. The van der Waals surface area contributed by atoms with Crippen molar-refractivity contribution in [3.8, 4) is 0 Å². The molecule has 30 heavy (non-hydrogen) atoms. The summed E-state index contributed by atoms with van der Waals surface area (Å²) in [6.07, 6.45) is 1.94. The van der Waals surface area contributed by atoms with Crippen LogP contribution in [-0.4, -0.2) is 9.97 Å². The molecule has 0 spiro atoms. The van der Waals surface area contributed by atoms with E-state index in [2.05, 4.69) is 104 Å². The SMILES string of the molecule is CC1(C)c2ccccc2N(c2ncc3ccc4ccccc4c3n2)c2ccccc21. The Morgan fingerprint density at radius 1 is 0.667 bits per heavy atom. The van der Waals surface area contributed by atoms with Crippen LogP contribution in [0.2, 0.25) is 0 Å². The molecule has 1 aliphatic rings. The molecule has 3 nitrogen and oxygen atoms in total. The minimum atomic E-state index is -0.0900. The second-order valence-electron chi connectivity index (χ2n) is 8.39. The van der Waals surface area contributed by atoms with Crippen LogP contribution in [0.1, 0.15) is 25.0 Å². The number of anilines is 3. The fourth-order valence-electron chi connectivity index (χ4n) is 4.75. The molecular weight excluding hydrogens is 366 g/mol. The van der Waals surface area contributed by atoms with Gasteiger partial charge in [-0.05, 0) is 28.6 Å². The van der Waals surface area contributed by atoms with Crippen molar-refractivity contribution in [2.45, 2.75) is 19.3 Å². The zero-order valence-electron chi connectivity index (χ0n) is 17.0. The fraction of sp³-hybridized carbons (Fsp3) is 0.111. The lowest BCUT2D eigenvalue weighted by Gasteiger charge is -2.40. The number of fused-ring (bicyclic) bond motifs is 5. The summed E-state index contributed by atoms with van der Waals surface area (Å²) >= 11 is 0. The molecule has 0 bridgehead atoms.